The maximum atomic E-state index is 8.91. The minimum Gasteiger partial charge on any atom is -0.454 e. The van der Waals surface area contributed by atoms with Gasteiger partial charge in [0.15, 0.2) is 11.5 Å². The second-order valence-corrected chi connectivity index (χ2v) is 4.06. The van der Waals surface area contributed by atoms with Gasteiger partial charge in [0.1, 0.15) is 5.75 Å². The summed E-state index contributed by atoms with van der Waals surface area (Å²) in [6.07, 6.45) is 0. The third kappa shape index (κ3) is 2.29. The molecule has 2 heterocycles. The molecule has 5 nitrogen and oxygen atoms in total. The van der Waals surface area contributed by atoms with Crippen LogP contribution < -0.4 is 14.2 Å². The fourth-order valence-corrected chi connectivity index (χ4v) is 1.82. The number of rotatable bonds is 2. The van der Waals surface area contributed by atoms with E-state index in [2.05, 4.69) is 11.1 Å². The van der Waals surface area contributed by atoms with Gasteiger partial charge in [0, 0.05) is 17.8 Å². The Hall–Kier alpha value is -2.74. The molecule has 0 spiro atoms. The topological polar surface area (TPSA) is 64.4 Å². The van der Waals surface area contributed by atoms with Crippen molar-refractivity contribution in [2.24, 2.45) is 0 Å². The van der Waals surface area contributed by atoms with Gasteiger partial charge in [-0.2, -0.15) is 5.26 Å². The summed E-state index contributed by atoms with van der Waals surface area (Å²) in [5.74, 6) is 2.31. The molecular formula is C14H10N2O3. The van der Waals surface area contributed by atoms with Gasteiger partial charge in [-0.3, -0.25) is 0 Å². The molecule has 0 fully saturated rings. The Morgan fingerprint density at radius 1 is 1.21 bits per heavy atom. The molecule has 94 valence electrons. The van der Waals surface area contributed by atoms with Gasteiger partial charge in [-0.05, 0) is 25.1 Å². The van der Waals surface area contributed by atoms with Crippen molar-refractivity contribution in [3.8, 4) is 29.2 Å². The monoisotopic (exact) mass is 254 g/mol. The van der Waals surface area contributed by atoms with E-state index < -0.39 is 0 Å². The summed E-state index contributed by atoms with van der Waals surface area (Å²) in [5, 5.41) is 8.91. The van der Waals surface area contributed by atoms with Gasteiger partial charge in [0.25, 0.3) is 0 Å². The van der Waals surface area contributed by atoms with Crippen LogP contribution in [0.3, 0.4) is 0 Å². The molecule has 0 unspecified atom stereocenters. The van der Waals surface area contributed by atoms with Crippen LogP contribution in [0, 0.1) is 18.3 Å². The summed E-state index contributed by atoms with van der Waals surface area (Å²) < 4.78 is 16.1. The molecule has 0 saturated heterocycles. The van der Waals surface area contributed by atoms with Gasteiger partial charge in [-0.1, -0.05) is 0 Å². The Labute approximate surface area is 110 Å². The van der Waals surface area contributed by atoms with Crippen LogP contribution in [-0.4, -0.2) is 11.8 Å². The maximum absolute atomic E-state index is 8.91. The van der Waals surface area contributed by atoms with Crippen molar-refractivity contribution in [2.45, 2.75) is 6.92 Å². The highest BCUT2D eigenvalue weighted by molar-refractivity contribution is 5.48. The Bertz CT molecular complexity index is 677. The van der Waals surface area contributed by atoms with Crippen LogP contribution in [0.15, 0.2) is 30.3 Å². The number of nitriles is 1. The van der Waals surface area contributed by atoms with Crippen LogP contribution in [0.2, 0.25) is 0 Å². The molecule has 0 saturated carbocycles. The molecule has 0 aliphatic carbocycles. The van der Waals surface area contributed by atoms with Crippen molar-refractivity contribution in [3.63, 3.8) is 0 Å². The van der Waals surface area contributed by atoms with E-state index in [1.165, 1.54) is 0 Å². The number of pyridine rings is 1. The smallest absolute Gasteiger partial charge is 0.231 e. The van der Waals surface area contributed by atoms with Gasteiger partial charge in [0.2, 0.25) is 12.7 Å². The van der Waals surface area contributed by atoms with Crippen LogP contribution in [0.4, 0.5) is 0 Å². The van der Waals surface area contributed by atoms with Gasteiger partial charge < -0.3 is 14.2 Å². The number of hydrogen-bond acceptors (Lipinski definition) is 5. The van der Waals surface area contributed by atoms with Crippen LogP contribution >= 0.6 is 0 Å². The SMILES string of the molecule is Cc1cc(C#N)cc(Oc2ccc3c(c2)OCO3)n1. The molecule has 0 amide bonds. The number of benzene rings is 1. The lowest BCUT2D eigenvalue weighted by atomic mass is 10.2. The number of aromatic nitrogens is 1. The van der Waals surface area contributed by atoms with E-state index in [1.54, 1.807) is 30.3 Å². The zero-order chi connectivity index (χ0) is 13.2. The van der Waals surface area contributed by atoms with E-state index in [0.29, 0.717) is 28.7 Å². The normalized spacial score (nSPS) is 12.0. The van der Waals surface area contributed by atoms with E-state index >= 15 is 0 Å². The lowest BCUT2D eigenvalue weighted by Gasteiger charge is -2.06. The average Bonchev–Trinajstić information content (AvgIpc) is 2.85. The number of aryl methyl sites for hydroxylation is 1. The van der Waals surface area contributed by atoms with Crippen molar-refractivity contribution < 1.29 is 14.2 Å². The summed E-state index contributed by atoms with van der Waals surface area (Å²) in [6, 6.07) is 10.6. The molecule has 0 radical (unpaired) electrons. The highest BCUT2D eigenvalue weighted by Crippen LogP contribution is 2.36. The standard InChI is InChI=1S/C14H10N2O3/c1-9-4-10(7-15)5-14(16-9)19-11-2-3-12-13(6-11)18-8-17-12/h2-6H,8H2,1H3. The van der Waals surface area contributed by atoms with E-state index in [0.717, 1.165) is 5.69 Å². The lowest BCUT2D eigenvalue weighted by molar-refractivity contribution is 0.174. The molecule has 1 aromatic carbocycles. The first kappa shape index (κ1) is 11.4. The number of fused-ring (bicyclic) bond motifs is 1. The third-order valence-electron chi connectivity index (χ3n) is 2.63. The van der Waals surface area contributed by atoms with Crippen LogP contribution in [0.5, 0.6) is 23.1 Å². The van der Waals surface area contributed by atoms with Crippen LogP contribution in [0.1, 0.15) is 11.3 Å². The predicted octanol–water partition coefficient (Wildman–Crippen LogP) is 2.78. The van der Waals surface area contributed by atoms with E-state index in [4.69, 9.17) is 19.5 Å². The highest BCUT2D eigenvalue weighted by Gasteiger charge is 2.14. The quantitative estimate of drug-likeness (QED) is 0.824. The number of nitrogens with zero attached hydrogens (tertiary/aromatic N) is 2. The molecule has 1 aliphatic heterocycles. The largest absolute Gasteiger partial charge is 0.454 e. The first-order valence-electron chi connectivity index (χ1n) is 5.71. The molecule has 19 heavy (non-hydrogen) atoms. The summed E-state index contributed by atoms with van der Waals surface area (Å²) in [4.78, 5) is 4.23. The van der Waals surface area contributed by atoms with Gasteiger partial charge in [0.05, 0.1) is 11.6 Å². The second kappa shape index (κ2) is 4.50. The zero-order valence-electron chi connectivity index (χ0n) is 10.2. The molecule has 1 aromatic heterocycles. The Morgan fingerprint density at radius 3 is 2.89 bits per heavy atom. The fraction of sp³-hybridized carbons (Fsp3) is 0.143. The number of hydrogen-bond donors (Lipinski definition) is 0. The highest BCUT2D eigenvalue weighted by atomic mass is 16.7. The Morgan fingerprint density at radius 2 is 2.05 bits per heavy atom. The van der Waals surface area contributed by atoms with E-state index in [9.17, 15) is 0 Å². The minimum absolute atomic E-state index is 0.222. The van der Waals surface area contributed by atoms with Crippen LogP contribution in [-0.2, 0) is 0 Å². The molecule has 1 aliphatic rings. The van der Waals surface area contributed by atoms with Crippen molar-refractivity contribution in [2.75, 3.05) is 6.79 Å². The van der Waals surface area contributed by atoms with Gasteiger partial charge in [-0.25, -0.2) is 4.98 Å². The first-order chi connectivity index (χ1) is 9.24. The van der Waals surface area contributed by atoms with E-state index in [1.807, 2.05) is 6.92 Å². The van der Waals surface area contributed by atoms with Crippen molar-refractivity contribution in [1.29, 1.82) is 5.26 Å². The number of ether oxygens (including phenoxy) is 3. The van der Waals surface area contributed by atoms with Crippen molar-refractivity contribution in [3.05, 3.63) is 41.6 Å². The molecule has 0 bridgehead atoms. The zero-order valence-corrected chi connectivity index (χ0v) is 10.2. The molecular weight excluding hydrogens is 244 g/mol. The second-order valence-electron chi connectivity index (χ2n) is 4.06. The predicted molar refractivity (Wildman–Crippen MR) is 66.3 cm³/mol. The fourth-order valence-electron chi connectivity index (χ4n) is 1.82. The molecule has 3 rings (SSSR count). The minimum atomic E-state index is 0.222. The molecule has 2 aromatic rings. The summed E-state index contributed by atoms with van der Waals surface area (Å²) in [5.41, 5.74) is 1.25. The molecule has 0 atom stereocenters. The van der Waals surface area contributed by atoms with Crippen molar-refractivity contribution >= 4 is 0 Å². The Balaban J connectivity index is 1.89. The summed E-state index contributed by atoms with van der Waals surface area (Å²) in [6.45, 7) is 2.04. The van der Waals surface area contributed by atoms with Gasteiger partial charge in [-0.15, -0.1) is 0 Å². The molecule has 0 N–H and O–H groups in total. The first-order valence-corrected chi connectivity index (χ1v) is 5.71. The maximum Gasteiger partial charge on any atom is 0.231 e. The lowest BCUT2D eigenvalue weighted by Crippen LogP contribution is -1.93. The van der Waals surface area contributed by atoms with Gasteiger partial charge >= 0.3 is 0 Å². The van der Waals surface area contributed by atoms with Crippen molar-refractivity contribution in [1.82, 2.24) is 4.98 Å². The Kier molecular flexibility index (Phi) is 2.69. The molecule has 5 heteroatoms. The van der Waals surface area contributed by atoms with Crippen LogP contribution in [0.25, 0.3) is 0 Å². The third-order valence-corrected chi connectivity index (χ3v) is 2.63. The summed E-state index contributed by atoms with van der Waals surface area (Å²) in [7, 11) is 0. The van der Waals surface area contributed by atoms with E-state index in [-0.39, 0.29) is 6.79 Å². The summed E-state index contributed by atoms with van der Waals surface area (Å²) >= 11 is 0. The average molecular weight is 254 g/mol.